The lowest BCUT2D eigenvalue weighted by Gasteiger charge is -2.30. The highest BCUT2D eigenvalue weighted by Crippen LogP contribution is 2.23. The van der Waals surface area contributed by atoms with E-state index < -0.39 is 0 Å². The molecule has 2 nitrogen and oxygen atoms in total. The molecule has 0 bridgehead atoms. The first kappa shape index (κ1) is 10.6. The molecule has 0 aromatic heterocycles. The van der Waals surface area contributed by atoms with Crippen LogP contribution in [-0.4, -0.2) is 19.6 Å². The van der Waals surface area contributed by atoms with Gasteiger partial charge in [-0.05, 0) is 44.1 Å². The minimum absolute atomic E-state index is 0.152. The highest BCUT2D eigenvalue weighted by Gasteiger charge is 2.21. The van der Waals surface area contributed by atoms with Gasteiger partial charge in [0.25, 0.3) is 0 Å². The first-order valence-electron chi connectivity index (χ1n) is 5.45. The molecule has 3 heteroatoms. The lowest BCUT2D eigenvalue weighted by atomic mass is 9.94. The number of piperidine rings is 1. The van der Waals surface area contributed by atoms with E-state index in [9.17, 15) is 4.39 Å². The highest BCUT2D eigenvalue weighted by molar-refractivity contribution is 5.21. The van der Waals surface area contributed by atoms with Gasteiger partial charge in [0.15, 0.2) is 0 Å². The third-order valence-corrected chi connectivity index (χ3v) is 3.06. The third-order valence-electron chi connectivity index (χ3n) is 3.06. The Kier molecular flexibility index (Phi) is 3.34. The van der Waals surface area contributed by atoms with Crippen LogP contribution in [-0.2, 0) is 0 Å². The third kappa shape index (κ3) is 2.55. The Morgan fingerprint density at radius 2 is 2.33 bits per heavy atom. The van der Waals surface area contributed by atoms with Gasteiger partial charge in [-0.15, -0.1) is 0 Å². The van der Waals surface area contributed by atoms with Crippen molar-refractivity contribution in [3.05, 3.63) is 35.6 Å². The van der Waals surface area contributed by atoms with Crippen LogP contribution in [0.5, 0.6) is 0 Å². The number of rotatable bonds is 2. The van der Waals surface area contributed by atoms with E-state index in [0.29, 0.717) is 6.04 Å². The normalized spacial score (nSPS) is 26.5. The van der Waals surface area contributed by atoms with Crippen molar-refractivity contribution in [3.8, 4) is 0 Å². The van der Waals surface area contributed by atoms with Gasteiger partial charge in [0.1, 0.15) is 5.82 Å². The Morgan fingerprint density at radius 1 is 1.47 bits per heavy atom. The van der Waals surface area contributed by atoms with Gasteiger partial charge in [0.2, 0.25) is 0 Å². The van der Waals surface area contributed by atoms with Crippen molar-refractivity contribution in [3.63, 3.8) is 0 Å². The van der Waals surface area contributed by atoms with Gasteiger partial charge in [-0.1, -0.05) is 12.1 Å². The van der Waals surface area contributed by atoms with Crippen LogP contribution in [0.15, 0.2) is 24.3 Å². The van der Waals surface area contributed by atoms with Gasteiger partial charge in [-0.25, -0.2) is 4.39 Å². The summed E-state index contributed by atoms with van der Waals surface area (Å²) in [6.07, 6.45) is 2.17. The van der Waals surface area contributed by atoms with Gasteiger partial charge in [0, 0.05) is 12.1 Å². The van der Waals surface area contributed by atoms with Crippen molar-refractivity contribution in [1.29, 1.82) is 0 Å². The van der Waals surface area contributed by atoms with E-state index in [4.69, 9.17) is 0 Å². The topological polar surface area (TPSA) is 24.1 Å². The molecule has 1 saturated heterocycles. The van der Waals surface area contributed by atoms with E-state index in [1.807, 2.05) is 13.1 Å². The first-order chi connectivity index (χ1) is 7.29. The quantitative estimate of drug-likeness (QED) is 0.775. The smallest absolute Gasteiger partial charge is 0.123 e. The number of hydrogen-bond acceptors (Lipinski definition) is 2. The molecule has 82 valence electrons. The fraction of sp³-hybridized carbons (Fsp3) is 0.500. The Morgan fingerprint density at radius 3 is 3.07 bits per heavy atom. The average Bonchev–Trinajstić information content (AvgIpc) is 2.29. The standard InChI is InChI=1S/C12H17FN2/c1-14-11-5-6-15-12(8-11)9-3-2-4-10(13)7-9/h2-4,7,11-12,14-15H,5-6,8H2,1H3. The van der Waals surface area contributed by atoms with E-state index >= 15 is 0 Å². The molecule has 1 aliphatic heterocycles. The second-order valence-electron chi connectivity index (χ2n) is 4.07. The summed E-state index contributed by atoms with van der Waals surface area (Å²) in [5.41, 5.74) is 1.05. The summed E-state index contributed by atoms with van der Waals surface area (Å²) >= 11 is 0. The van der Waals surface area contributed by atoms with Crippen molar-refractivity contribution in [1.82, 2.24) is 10.6 Å². The van der Waals surface area contributed by atoms with Crippen molar-refractivity contribution in [2.24, 2.45) is 0 Å². The summed E-state index contributed by atoms with van der Waals surface area (Å²) in [7, 11) is 1.98. The van der Waals surface area contributed by atoms with Crippen molar-refractivity contribution < 1.29 is 4.39 Å². The van der Waals surface area contributed by atoms with Crippen molar-refractivity contribution in [2.45, 2.75) is 24.9 Å². The largest absolute Gasteiger partial charge is 0.317 e. The van der Waals surface area contributed by atoms with Gasteiger partial charge < -0.3 is 10.6 Å². The van der Waals surface area contributed by atoms with Crippen LogP contribution in [0.25, 0.3) is 0 Å². The SMILES string of the molecule is CNC1CCNC(c2cccc(F)c2)C1. The summed E-state index contributed by atoms with van der Waals surface area (Å²) < 4.78 is 13.1. The predicted molar refractivity (Wildman–Crippen MR) is 59.2 cm³/mol. The van der Waals surface area contributed by atoms with Gasteiger partial charge in [-0.2, -0.15) is 0 Å². The lowest BCUT2D eigenvalue weighted by molar-refractivity contribution is 0.336. The van der Waals surface area contributed by atoms with E-state index in [1.165, 1.54) is 6.07 Å². The molecule has 1 aromatic carbocycles. The molecule has 0 aliphatic carbocycles. The van der Waals surface area contributed by atoms with Crippen LogP contribution in [0.2, 0.25) is 0 Å². The summed E-state index contributed by atoms with van der Waals surface area (Å²) in [5, 5.41) is 6.70. The predicted octanol–water partition coefficient (Wildman–Crippen LogP) is 1.84. The zero-order valence-corrected chi connectivity index (χ0v) is 8.96. The number of halogens is 1. The molecule has 1 aliphatic rings. The minimum atomic E-state index is -0.152. The zero-order chi connectivity index (χ0) is 10.7. The molecule has 2 unspecified atom stereocenters. The first-order valence-corrected chi connectivity index (χ1v) is 5.45. The maximum atomic E-state index is 13.1. The molecule has 15 heavy (non-hydrogen) atoms. The molecule has 0 spiro atoms. The van der Waals surface area contributed by atoms with Crippen LogP contribution >= 0.6 is 0 Å². The van der Waals surface area contributed by atoms with E-state index in [-0.39, 0.29) is 11.9 Å². The fourth-order valence-electron chi connectivity index (χ4n) is 2.16. The lowest BCUT2D eigenvalue weighted by Crippen LogP contribution is -2.40. The molecular weight excluding hydrogens is 191 g/mol. The summed E-state index contributed by atoms with van der Waals surface area (Å²) in [5.74, 6) is -0.152. The number of benzene rings is 1. The molecule has 1 fully saturated rings. The molecule has 0 amide bonds. The second kappa shape index (κ2) is 4.73. The molecule has 0 saturated carbocycles. The maximum absolute atomic E-state index is 13.1. The van der Waals surface area contributed by atoms with E-state index in [0.717, 1.165) is 24.9 Å². The average molecular weight is 208 g/mol. The molecule has 1 aromatic rings. The van der Waals surface area contributed by atoms with Crippen LogP contribution in [0.4, 0.5) is 4.39 Å². The Balaban J connectivity index is 2.09. The van der Waals surface area contributed by atoms with Gasteiger partial charge in [-0.3, -0.25) is 0 Å². The highest BCUT2D eigenvalue weighted by atomic mass is 19.1. The van der Waals surface area contributed by atoms with Gasteiger partial charge >= 0.3 is 0 Å². The summed E-state index contributed by atoms with van der Waals surface area (Å²) in [6.45, 7) is 0.993. The van der Waals surface area contributed by atoms with Crippen molar-refractivity contribution in [2.75, 3.05) is 13.6 Å². The Labute approximate surface area is 89.9 Å². The zero-order valence-electron chi connectivity index (χ0n) is 8.96. The van der Waals surface area contributed by atoms with Crippen LogP contribution in [0.3, 0.4) is 0 Å². The minimum Gasteiger partial charge on any atom is -0.317 e. The molecule has 1 heterocycles. The summed E-state index contributed by atoms with van der Waals surface area (Å²) in [4.78, 5) is 0. The molecule has 2 N–H and O–H groups in total. The van der Waals surface area contributed by atoms with Crippen LogP contribution in [0.1, 0.15) is 24.4 Å². The number of nitrogens with one attached hydrogen (secondary N) is 2. The second-order valence-corrected chi connectivity index (χ2v) is 4.07. The van der Waals surface area contributed by atoms with Crippen LogP contribution < -0.4 is 10.6 Å². The van der Waals surface area contributed by atoms with E-state index in [1.54, 1.807) is 12.1 Å². The van der Waals surface area contributed by atoms with Gasteiger partial charge in [0.05, 0.1) is 0 Å². The van der Waals surface area contributed by atoms with E-state index in [2.05, 4.69) is 10.6 Å². The fourth-order valence-corrected chi connectivity index (χ4v) is 2.16. The molecule has 0 radical (unpaired) electrons. The maximum Gasteiger partial charge on any atom is 0.123 e. The molecular formula is C12H17FN2. The molecule has 2 atom stereocenters. The number of hydrogen-bond donors (Lipinski definition) is 2. The molecule has 2 rings (SSSR count). The summed E-state index contributed by atoms with van der Waals surface area (Å²) in [6, 6.07) is 7.69. The Hall–Kier alpha value is -0.930. The van der Waals surface area contributed by atoms with Crippen LogP contribution in [0, 0.1) is 5.82 Å². The van der Waals surface area contributed by atoms with Crippen molar-refractivity contribution >= 4 is 0 Å². The monoisotopic (exact) mass is 208 g/mol. The Bertz CT molecular complexity index is 327.